The average molecular weight is 610 g/mol. The molecule has 6 aromatic rings. The van der Waals surface area contributed by atoms with E-state index in [2.05, 4.69) is 160 Å². The van der Waals surface area contributed by atoms with E-state index in [0.29, 0.717) is 17.8 Å². The zero-order chi connectivity index (χ0) is 33.1. The van der Waals surface area contributed by atoms with Crippen molar-refractivity contribution in [3.63, 3.8) is 0 Å². The van der Waals surface area contributed by atoms with Crippen molar-refractivity contribution in [2.45, 2.75) is 92.4 Å². The predicted octanol–water partition coefficient (Wildman–Crippen LogP) is 11.8. The van der Waals surface area contributed by atoms with Crippen LogP contribution in [0.4, 0.5) is 0 Å². The molecule has 0 atom stereocenters. The van der Waals surface area contributed by atoms with Crippen LogP contribution in [-0.2, 0) is 12.5 Å². The van der Waals surface area contributed by atoms with E-state index in [9.17, 15) is 0 Å². The lowest BCUT2D eigenvalue weighted by Crippen LogP contribution is -2.30. The fourth-order valence-corrected chi connectivity index (χ4v) is 6.84. The largest absolute Gasteiger partial charge is 0.436 e. The van der Waals surface area contributed by atoms with Gasteiger partial charge in [-0.3, -0.25) is 0 Å². The van der Waals surface area contributed by atoms with Crippen molar-refractivity contribution in [2.75, 3.05) is 0 Å². The van der Waals surface area contributed by atoms with Crippen LogP contribution < -0.4 is 4.57 Å². The van der Waals surface area contributed by atoms with E-state index in [-0.39, 0.29) is 5.41 Å². The minimum Gasteiger partial charge on any atom is -0.436 e. The van der Waals surface area contributed by atoms with E-state index in [0.717, 1.165) is 33.7 Å². The Labute approximate surface area is 275 Å². The summed E-state index contributed by atoms with van der Waals surface area (Å²) in [6, 6.07) is 26.9. The second-order valence-electron chi connectivity index (χ2n) is 15.0. The molecule has 0 bridgehead atoms. The van der Waals surface area contributed by atoms with Gasteiger partial charge in [0.25, 0.3) is 0 Å². The number of hydrogen-bond donors (Lipinski definition) is 0. The summed E-state index contributed by atoms with van der Waals surface area (Å²) in [5.74, 6) is 1.90. The third-order valence-corrected chi connectivity index (χ3v) is 9.62. The molecule has 3 heteroatoms. The molecule has 4 aromatic carbocycles. The lowest BCUT2D eigenvalue weighted by Gasteiger charge is -2.24. The molecule has 0 aliphatic rings. The molecule has 0 saturated carbocycles. The van der Waals surface area contributed by atoms with Gasteiger partial charge < -0.3 is 4.42 Å². The molecule has 2 heterocycles. The topological polar surface area (TPSA) is 29.9 Å². The second-order valence-corrected chi connectivity index (χ2v) is 15.0. The van der Waals surface area contributed by atoms with Crippen molar-refractivity contribution in [1.82, 2.24) is 4.98 Å². The minimum absolute atomic E-state index is 0.0211. The first-order valence-corrected chi connectivity index (χ1v) is 16.9. The second kappa shape index (κ2) is 11.8. The number of rotatable bonds is 6. The molecule has 0 aliphatic carbocycles. The molecular formula is C43H49N2O+. The van der Waals surface area contributed by atoms with E-state index in [1.165, 1.54) is 49.8 Å². The lowest BCUT2D eigenvalue weighted by molar-refractivity contribution is -0.660. The Bertz CT molecular complexity index is 2060. The monoisotopic (exact) mass is 609 g/mol. The fraction of sp³-hybridized carbons (Fsp3) is 0.349. The standard InChI is InChI=1S/C43H49N2O/c1-25(2)31-20-34(26(3)4)41(35(21-31)27(5)6)42-44-38-17-16-29(23-40(38)46-42)30-18-19-45(11)39(22-30)36-24-37(43(8,9)10)33-15-13-12-14-32(33)28(36)7/h12-27H,1-11H3/q+1. The first-order valence-electron chi connectivity index (χ1n) is 16.9. The number of aromatic nitrogens is 2. The van der Waals surface area contributed by atoms with Gasteiger partial charge in [0.05, 0.1) is 0 Å². The molecule has 0 aliphatic heterocycles. The van der Waals surface area contributed by atoms with Crippen molar-refractivity contribution in [1.29, 1.82) is 0 Å². The van der Waals surface area contributed by atoms with Crippen molar-refractivity contribution in [2.24, 2.45) is 7.05 Å². The summed E-state index contributed by atoms with van der Waals surface area (Å²) >= 11 is 0. The van der Waals surface area contributed by atoms with E-state index in [1.807, 2.05) is 0 Å². The van der Waals surface area contributed by atoms with E-state index in [4.69, 9.17) is 9.40 Å². The molecule has 0 saturated heterocycles. The molecular weight excluding hydrogens is 560 g/mol. The van der Waals surface area contributed by atoms with Crippen LogP contribution in [0.1, 0.15) is 108 Å². The Morgan fingerprint density at radius 1 is 0.717 bits per heavy atom. The Balaban J connectivity index is 1.48. The third kappa shape index (κ3) is 5.66. The van der Waals surface area contributed by atoms with Gasteiger partial charge in [-0.15, -0.1) is 0 Å². The zero-order valence-electron chi connectivity index (χ0n) is 29.5. The molecule has 0 amide bonds. The molecule has 0 fully saturated rings. The SMILES string of the molecule is Cc1c(-c2cc(-c3ccc4nc(-c5c(C(C)C)cc(C(C)C)cc5C(C)C)oc4c3)cc[n+]2C)cc(C(C)(C)C)c2ccccc12. The van der Waals surface area contributed by atoms with Crippen LogP contribution in [-0.4, -0.2) is 4.98 Å². The molecule has 0 N–H and O–H groups in total. The number of oxazole rings is 1. The van der Waals surface area contributed by atoms with Gasteiger partial charge in [-0.2, -0.15) is 0 Å². The van der Waals surface area contributed by atoms with Crippen molar-refractivity contribution < 1.29 is 8.98 Å². The van der Waals surface area contributed by atoms with Gasteiger partial charge in [0.1, 0.15) is 12.6 Å². The van der Waals surface area contributed by atoms with Crippen LogP contribution in [0.2, 0.25) is 0 Å². The summed E-state index contributed by atoms with van der Waals surface area (Å²) in [6.07, 6.45) is 2.17. The molecule has 0 unspecified atom stereocenters. The Morgan fingerprint density at radius 3 is 1.96 bits per heavy atom. The number of aryl methyl sites for hydroxylation is 2. The number of benzene rings is 4. The van der Waals surface area contributed by atoms with Crippen LogP contribution >= 0.6 is 0 Å². The van der Waals surface area contributed by atoms with Crippen molar-refractivity contribution in [3.05, 3.63) is 107 Å². The first-order chi connectivity index (χ1) is 21.7. The quantitative estimate of drug-likeness (QED) is 0.176. The highest BCUT2D eigenvalue weighted by Gasteiger charge is 2.25. The normalized spacial score (nSPS) is 12.4. The van der Waals surface area contributed by atoms with Gasteiger partial charge >= 0.3 is 0 Å². The van der Waals surface area contributed by atoms with E-state index < -0.39 is 0 Å². The smallest absolute Gasteiger partial charge is 0.227 e. The molecule has 6 rings (SSSR count). The van der Waals surface area contributed by atoms with Crippen LogP contribution in [0.15, 0.2) is 83.4 Å². The Hall–Kier alpha value is -4.24. The van der Waals surface area contributed by atoms with E-state index in [1.54, 1.807) is 0 Å². The predicted molar refractivity (Wildman–Crippen MR) is 195 cm³/mol. The Morgan fingerprint density at radius 2 is 1.35 bits per heavy atom. The van der Waals surface area contributed by atoms with Crippen LogP contribution in [0.3, 0.4) is 0 Å². The summed E-state index contributed by atoms with van der Waals surface area (Å²) in [5, 5.41) is 2.65. The van der Waals surface area contributed by atoms with E-state index >= 15 is 0 Å². The summed E-state index contributed by atoms with van der Waals surface area (Å²) in [5.41, 5.74) is 14.3. The van der Waals surface area contributed by atoms with Gasteiger partial charge in [0.2, 0.25) is 11.6 Å². The summed E-state index contributed by atoms with van der Waals surface area (Å²) < 4.78 is 8.88. The zero-order valence-corrected chi connectivity index (χ0v) is 29.5. The number of pyridine rings is 1. The number of hydrogen-bond acceptors (Lipinski definition) is 2. The molecule has 236 valence electrons. The van der Waals surface area contributed by atoms with Gasteiger partial charge in [0, 0.05) is 23.3 Å². The van der Waals surface area contributed by atoms with Crippen LogP contribution in [0, 0.1) is 6.92 Å². The molecule has 0 spiro atoms. The maximum absolute atomic E-state index is 6.64. The van der Waals surface area contributed by atoms with Gasteiger partial charge in [-0.25, -0.2) is 9.55 Å². The maximum atomic E-state index is 6.64. The van der Waals surface area contributed by atoms with Gasteiger partial charge in [-0.1, -0.05) is 105 Å². The fourth-order valence-electron chi connectivity index (χ4n) is 6.84. The highest BCUT2D eigenvalue weighted by atomic mass is 16.3. The van der Waals surface area contributed by atoms with Crippen LogP contribution in [0.5, 0.6) is 0 Å². The highest BCUT2D eigenvalue weighted by molar-refractivity contribution is 5.94. The molecule has 46 heavy (non-hydrogen) atoms. The maximum Gasteiger partial charge on any atom is 0.227 e. The Kier molecular flexibility index (Phi) is 8.17. The molecule has 2 aromatic heterocycles. The minimum atomic E-state index is 0.0211. The van der Waals surface area contributed by atoms with Crippen LogP contribution in [0.25, 0.3) is 55.7 Å². The molecule has 3 nitrogen and oxygen atoms in total. The van der Waals surface area contributed by atoms with Gasteiger partial charge in [0.15, 0.2) is 11.8 Å². The summed E-state index contributed by atoms with van der Waals surface area (Å²) in [4.78, 5) is 5.06. The average Bonchev–Trinajstić information content (AvgIpc) is 3.43. The first kappa shape index (κ1) is 31.7. The van der Waals surface area contributed by atoms with Crippen molar-refractivity contribution in [3.8, 4) is 33.8 Å². The summed E-state index contributed by atoms with van der Waals surface area (Å²) in [7, 11) is 2.14. The number of fused-ring (bicyclic) bond motifs is 2. The third-order valence-electron chi connectivity index (χ3n) is 9.62. The van der Waals surface area contributed by atoms with Crippen molar-refractivity contribution >= 4 is 21.9 Å². The summed E-state index contributed by atoms with van der Waals surface area (Å²) in [6.45, 7) is 22.8. The number of nitrogens with zero attached hydrogens (tertiary/aromatic N) is 2. The van der Waals surface area contributed by atoms with Gasteiger partial charge in [-0.05, 0) is 98.0 Å². The molecule has 0 radical (unpaired) electrons. The highest BCUT2D eigenvalue weighted by Crippen LogP contribution is 2.41. The lowest BCUT2D eigenvalue weighted by atomic mass is 9.80.